The van der Waals surface area contributed by atoms with E-state index in [1.54, 1.807) is 18.3 Å². The minimum absolute atomic E-state index is 0.214. The second-order valence-corrected chi connectivity index (χ2v) is 6.04. The van der Waals surface area contributed by atoms with Crippen LogP contribution in [0.25, 0.3) is 11.3 Å². The zero-order chi connectivity index (χ0) is 19.2. The number of phenolic OH excluding ortho intramolecular Hbond substituents is 1. The Bertz CT molecular complexity index is 962. The highest BCUT2D eigenvalue weighted by molar-refractivity contribution is 5.72. The highest BCUT2D eigenvalue weighted by Gasteiger charge is 2.32. The number of H-pyrrole nitrogens is 1. The van der Waals surface area contributed by atoms with E-state index in [1.807, 2.05) is 4.90 Å². The molecule has 3 heterocycles. The van der Waals surface area contributed by atoms with Gasteiger partial charge in [-0.05, 0) is 36.8 Å². The number of alkyl halides is 3. The smallest absolute Gasteiger partial charge is 0.416 e. The normalized spacial score (nSPS) is 14.0. The van der Waals surface area contributed by atoms with Gasteiger partial charge in [-0.3, -0.25) is 5.10 Å². The van der Waals surface area contributed by atoms with Gasteiger partial charge in [0, 0.05) is 5.56 Å². The van der Waals surface area contributed by atoms with Gasteiger partial charge in [0.05, 0.1) is 24.0 Å². The van der Waals surface area contributed by atoms with Crippen LogP contribution in [0.3, 0.4) is 0 Å². The number of hydrogen-bond donors (Lipinski definition) is 2. The second-order valence-electron chi connectivity index (χ2n) is 6.04. The standard InChI is InChI=1S/C17H14F3N5O2/c1-9-6-10(17(18,19)20)7-12(26)15(9)11-2-3-14(23-22-11)25-4-5-27-13-8-21-24-16(13)25/h2-3,6-8,26H,4-5H2,1H3,(H,21,24). The number of hydrogen-bond acceptors (Lipinski definition) is 6. The molecule has 10 heteroatoms. The summed E-state index contributed by atoms with van der Waals surface area (Å²) in [5.74, 6) is 1.28. The number of benzene rings is 1. The highest BCUT2D eigenvalue weighted by atomic mass is 19.4. The molecule has 7 nitrogen and oxygen atoms in total. The van der Waals surface area contributed by atoms with E-state index in [9.17, 15) is 18.3 Å². The van der Waals surface area contributed by atoms with Crippen LogP contribution in [-0.2, 0) is 6.18 Å². The quantitative estimate of drug-likeness (QED) is 0.712. The number of anilines is 2. The summed E-state index contributed by atoms with van der Waals surface area (Å²) in [5, 5.41) is 25.1. The van der Waals surface area contributed by atoms with Gasteiger partial charge in [0.15, 0.2) is 17.4 Å². The van der Waals surface area contributed by atoms with Crippen molar-refractivity contribution >= 4 is 11.6 Å². The van der Waals surface area contributed by atoms with Crippen LogP contribution in [0.1, 0.15) is 11.1 Å². The molecule has 1 aromatic carbocycles. The Balaban J connectivity index is 1.68. The van der Waals surface area contributed by atoms with Crippen molar-refractivity contribution in [3.8, 4) is 22.8 Å². The fraction of sp³-hybridized carbons (Fsp3) is 0.235. The van der Waals surface area contributed by atoms with Gasteiger partial charge >= 0.3 is 6.18 Å². The number of aromatic nitrogens is 4. The lowest BCUT2D eigenvalue weighted by Crippen LogP contribution is -2.29. The minimum Gasteiger partial charge on any atom is -0.507 e. The number of halogens is 3. The monoisotopic (exact) mass is 377 g/mol. The Labute approximate surface area is 151 Å². The van der Waals surface area contributed by atoms with Crippen molar-refractivity contribution in [2.45, 2.75) is 13.1 Å². The van der Waals surface area contributed by atoms with Gasteiger partial charge in [0.2, 0.25) is 0 Å². The van der Waals surface area contributed by atoms with Gasteiger partial charge in [-0.15, -0.1) is 10.2 Å². The maximum Gasteiger partial charge on any atom is 0.416 e. The van der Waals surface area contributed by atoms with Gasteiger partial charge in [-0.2, -0.15) is 18.3 Å². The van der Waals surface area contributed by atoms with Crippen LogP contribution >= 0.6 is 0 Å². The van der Waals surface area contributed by atoms with Gasteiger partial charge in [0.25, 0.3) is 0 Å². The zero-order valence-corrected chi connectivity index (χ0v) is 14.1. The summed E-state index contributed by atoms with van der Waals surface area (Å²) in [5.41, 5.74) is -0.163. The third-order valence-corrected chi connectivity index (χ3v) is 4.25. The molecule has 0 atom stereocenters. The van der Waals surface area contributed by atoms with Crippen LogP contribution in [0.15, 0.2) is 30.5 Å². The highest BCUT2D eigenvalue weighted by Crippen LogP contribution is 2.39. The number of fused-ring (bicyclic) bond motifs is 1. The van der Waals surface area contributed by atoms with Crippen LogP contribution in [0.4, 0.5) is 24.8 Å². The molecule has 0 saturated heterocycles. The maximum atomic E-state index is 12.9. The average molecular weight is 377 g/mol. The molecule has 0 amide bonds. The number of aryl methyl sites for hydroxylation is 1. The first-order valence-corrected chi connectivity index (χ1v) is 8.03. The zero-order valence-electron chi connectivity index (χ0n) is 14.1. The lowest BCUT2D eigenvalue weighted by atomic mass is 10.0. The first-order chi connectivity index (χ1) is 12.8. The number of aromatic amines is 1. The van der Waals surface area contributed by atoms with E-state index < -0.39 is 17.5 Å². The van der Waals surface area contributed by atoms with Crippen LogP contribution in [-0.4, -0.2) is 38.7 Å². The van der Waals surface area contributed by atoms with Crippen molar-refractivity contribution < 1.29 is 23.0 Å². The van der Waals surface area contributed by atoms with Crippen molar-refractivity contribution in [3.63, 3.8) is 0 Å². The van der Waals surface area contributed by atoms with Crippen molar-refractivity contribution in [1.82, 2.24) is 20.4 Å². The van der Waals surface area contributed by atoms with E-state index in [4.69, 9.17) is 4.74 Å². The van der Waals surface area contributed by atoms with E-state index in [0.29, 0.717) is 36.6 Å². The molecule has 0 spiro atoms. The fourth-order valence-electron chi connectivity index (χ4n) is 3.02. The number of aromatic hydroxyl groups is 1. The largest absolute Gasteiger partial charge is 0.507 e. The van der Waals surface area contributed by atoms with Crippen LogP contribution in [0.2, 0.25) is 0 Å². The van der Waals surface area contributed by atoms with E-state index in [1.165, 1.54) is 6.92 Å². The predicted molar refractivity (Wildman–Crippen MR) is 90.0 cm³/mol. The lowest BCUT2D eigenvalue weighted by molar-refractivity contribution is -0.137. The fourth-order valence-corrected chi connectivity index (χ4v) is 3.02. The Hall–Kier alpha value is -3.30. The van der Waals surface area contributed by atoms with E-state index >= 15 is 0 Å². The van der Waals surface area contributed by atoms with Crippen molar-refractivity contribution in [2.24, 2.45) is 0 Å². The minimum atomic E-state index is -4.53. The molecule has 1 aliphatic heterocycles. The molecule has 0 bridgehead atoms. The van der Waals surface area contributed by atoms with Gasteiger partial charge < -0.3 is 14.7 Å². The van der Waals surface area contributed by atoms with Crippen LogP contribution < -0.4 is 9.64 Å². The van der Waals surface area contributed by atoms with Crippen LogP contribution in [0.5, 0.6) is 11.5 Å². The molecule has 4 rings (SSSR count). The molecule has 2 aromatic heterocycles. The third kappa shape index (κ3) is 3.03. The molecule has 1 aliphatic rings. The maximum absolute atomic E-state index is 12.9. The van der Waals surface area contributed by atoms with E-state index in [2.05, 4.69) is 20.4 Å². The first-order valence-electron chi connectivity index (χ1n) is 8.03. The summed E-state index contributed by atoms with van der Waals surface area (Å²) >= 11 is 0. The van der Waals surface area contributed by atoms with Crippen molar-refractivity contribution in [2.75, 3.05) is 18.1 Å². The summed E-state index contributed by atoms with van der Waals surface area (Å²) in [6.07, 6.45) is -2.97. The number of ether oxygens (including phenoxy) is 1. The number of phenols is 1. The lowest BCUT2D eigenvalue weighted by Gasteiger charge is -2.26. The molecule has 3 aromatic rings. The van der Waals surface area contributed by atoms with Crippen molar-refractivity contribution in [1.29, 1.82) is 0 Å². The molecular formula is C17H14F3N5O2. The molecular weight excluding hydrogens is 363 g/mol. The second kappa shape index (κ2) is 6.15. The molecule has 0 aliphatic carbocycles. The molecule has 0 unspecified atom stereocenters. The number of nitrogens with zero attached hydrogens (tertiary/aromatic N) is 4. The first kappa shape index (κ1) is 17.1. The van der Waals surface area contributed by atoms with E-state index in [-0.39, 0.29) is 16.8 Å². The molecule has 2 N–H and O–H groups in total. The average Bonchev–Trinajstić information content (AvgIpc) is 3.10. The summed E-state index contributed by atoms with van der Waals surface area (Å²) in [4.78, 5) is 1.84. The van der Waals surface area contributed by atoms with Gasteiger partial charge in [-0.25, -0.2) is 0 Å². The predicted octanol–water partition coefficient (Wildman–Crippen LogP) is 3.43. The number of nitrogens with one attached hydrogen (secondary N) is 1. The molecule has 27 heavy (non-hydrogen) atoms. The van der Waals surface area contributed by atoms with Crippen LogP contribution in [0, 0.1) is 6.92 Å². The molecule has 140 valence electrons. The summed E-state index contributed by atoms with van der Waals surface area (Å²) in [7, 11) is 0. The molecule has 0 saturated carbocycles. The Morgan fingerprint density at radius 2 is 2.04 bits per heavy atom. The van der Waals surface area contributed by atoms with Gasteiger partial charge in [-0.1, -0.05) is 0 Å². The summed E-state index contributed by atoms with van der Waals surface area (Å²) in [6, 6.07) is 4.94. The SMILES string of the molecule is Cc1cc(C(F)(F)F)cc(O)c1-c1ccc(N2CCOc3cn[nH]c32)nn1. The summed E-state index contributed by atoms with van der Waals surface area (Å²) < 4.78 is 44.1. The van der Waals surface area contributed by atoms with E-state index in [0.717, 1.165) is 6.07 Å². The number of rotatable bonds is 2. The summed E-state index contributed by atoms with van der Waals surface area (Å²) in [6.45, 7) is 2.47. The van der Waals surface area contributed by atoms with Crippen molar-refractivity contribution in [3.05, 3.63) is 41.6 Å². The Kier molecular flexibility index (Phi) is 3.90. The third-order valence-electron chi connectivity index (χ3n) is 4.25. The molecule has 0 radical (unpaired) electrons. The molecule has 0 fully saturated rings. The van der Waals surface area contributed by atoms with Gasteiger partial charge in [0.1, 0.15) is 12.4 Å². The topological polar surface area (TPSA) is 87.2 Å². The Morgan fingerprint density at radius 1 is 1.22 bits per heavy atom. The Morgan fingerprint density at radius 3 is 2.70 bits per heavy atom.